The Bertz CT molecular complexity index is 1200. The zero-order valence-electron chi connectivity index (χ0n) is 14.3. The molecule has 0 fully saturated rings. The fourth-order valence-electron chi connectivity index (χ4n) is 3.22. The lowest BCUT2D eigenvalue weighted by Gasteiger charge is -2.34. The second-order valence-electron chi connectivity index (χ2n) is 6.04. The highest BCUT2D eigenvalue weighted by atomic mass is 35.5. The first-order chi connectivity index (χ1) is 13.5. The molecule has 0 bridgehead atoms. The Hall–Kier alpha value is -1.67. The van der Waals surface area contributed by atoms with Gasteiger partial charge in [0.2, 0.25) is 0 Å². The number of benzene rings is 3. The summed E-state index contributed by atoms with van der Waals surface area (Å²) >= 11 is 25.0. The van der Waals surface area contributed by atoms with Crippen molar-refractivity contribution in [3.05, 3.63) is 91.4 Å². The van der Waals surface area contributed by atoms with Gasteiger partial charge in [-0.3, -0.25) is 4.55 Å². The molecule has 0 aliphatic carbocycles. The van der Waals surface area contributed by atoms with Crippen molar-refractivity contribution in [2.45, 2.75) is 4.75 Å². The van der Waals surface area contributed by atoms with Crippen molar-refractivity contribution in [2.24, 2.45) is 0 Å². The number of aromatic hydroxyl groups is 2. The Kier molecular flexibility index (Phi) is 5.98. The summed E-state index contributed by atoms with van der Waals surface area (Å²) in [6.07, 6.45) is 0. The van der Waals surface area contributed by atoms with Crippen molar-refractivity contribution < 1.29 is 23.2 Å². The first-order valence-electron chi connectivity index (χ1n) is 7.91. The van der Waals surface area contributed by atoms with Crippen molar-refractivity contribution in [1.82, 2.24) is 0 Å². The molecule has 3 N–H and O–H groups in total. The summed E-state index contributed by atoms with van der Waals surface area (Å²) in [7, 11) is -5.10. The number of rotatable bonds is 4. The van der Waals surface area contributed by atoms with E-state index in [1.807, 2.05) is 0 Å². The molecule has 0 amide bonds. The summed E-state index contributed by atoms with van der Waals surface area (Å²) in [6, 6.07) is 12.5. The summed E-state index contributed by atoms with van der Waals surface area (Å²) in [5.74, 6) is -0.907. The van der Waals surface area contributed by atoms with E-state index in [0.29, 0.717) is 0 Å². The van der Waals surface area contributed by atoms with Crippen molar-refractivity contribution in [3.8, 4) is 11.5 Å². The summed E-state index contributed by atoms with van der Waals surface area (Å²) in [5.41, 5.74) is -0.510. The molecule has 0 saturated carbocycles. The van der Waals surface area contributed by atoms with Gasteiger partial charge in [0.1, 0.15) is 16.5 Å². The third-order valence-corrected chi connectivity index (χ3v) is 7.40. The molecule has 10 heteroatoms. The Morgan fingerprint density at radius 3 is 1.97 bits per heavy atom. The average Bonchev–Trinajstić information content (AvgIpc) is 2.66. The minimum Gasteiger partial charge on any atom is -0.506 e. The third-order valence-electron chi connectivity index (χ3n) is 4.42. The molecule has 0 spiro atoms. The molecule has 3 aromatic rings. The molecule has 0 saturated heterocycles. The number of halogens is 4. The van der Waals surface area contributed by atoms with Crippen LogP contribution in [0.15, 0.2) is 54.6 Å². The van der Waals surface area contributed by atoms with Crippen LogP contribution in [-0.2, 0) is 14.9 Å². The predicted octanol–water partition coefficient (Wildman–Crippen LogP) is 5.89. The van der Waals surface area contributed by atoms with Crippen molar-refractivity contribution >= 4 is 56.5 Å². The van der Waals surface area contributed by atoms with Gasteiger partial charge in [-0.15, -0.1) is 0 Å². The molecule has 3 aromatic carbocycles. The van der Waals surface area contributed by atoms with Crippen molar-refractivity contribution in [1.29, 1.82) is 0 Å². The quantitative estimate of drug-likeness (QED) is 0.239. The molecule has 0 heterocycles. The minimum absolute atomic E-state index is 0.0283. The Morgan fingerprint density at radius 2 is 1.38 bits per heavy atom. The maximum Gasteiger partial charge on any atom is 0.283 e. The largest absolute Gasteiger partial charge is 0.506 e. The molecule has 29 heavy (non-hydrogen) atoms. The average molecular weight is 494 g/mol. The van der Waals surface area contributed by atoms with Gasteiger partial charge in [-0.2, -0.15) is 8.42 Å². The van der Waals surface area contributed by atoms with Gasteiger partial charge in [-0.1, -0.05) is 88.9 Å². The molecule has 0 aromatic heterocycles. The van der Waals surface area contributed by atoms with Crippen LogP contribution in [0, 0.1) is 0 Å². The molecule has 1 unspecified atom stereocenters. The maximum atomic E-state index is 13.0. The highest BCUT2D eigenvalue weighted by Gasteiger charge is 2.52. The molecule has 0 aliphatic heterocycles. The SMILES string of the molecule is O=S(=O)(O)C(c1ccccc1)(c1cccc(O)c1Cl)c1c(Cl)cc(O)c(Cl)c1Cl. The van der Waals surface area contributed by atoms with E-state index in [-0.39, 0.29) is 31.8 Å². The Morgan fingerprint density at radius 1 is 0.759 bits per heavy atom. The fraction of sp³-hybridized carbons (Fsp3) is 0.0526. The van der Waals surface area contributed by atoms with Crippen LogP contribution in [0.25, 0.3) is 0 Å². The van der Waals surface area contributed by atoms with E-state index in [4.69, 9.17) is 46.4 Å². The number of phenolic OH excluding ortho intramolecular Hbond substituents is 2. The predicted molar refractivity (Wildman–Crippen MR) is 114 cm³/mol. The monoisotopic (exact) mass is 492 g/mol. The number of hydrogen-bond acceptors (Lipinski definition) is 4. The molecule has 0 aliphatic rings. The second-order valence-corrected chi connectivity index (χ2v) is 9.15. The first-order valence-corrected chi connectivity index (χ1v) is 10.9. The van der Waals surface area contributed by atoms with Gasteiger partial charge in [0.25, 0.3) is 10.1 Å². The molecule has 1 atom stereocenters. The summed E-state index contributed by atoms with van der Waals surface area (Å²) in [4.78, 5) is 0. The van der Waals surface area contributed by atoms with Gasteiger partial charge in [0.05, 0.1) is 15.1 Å². The zero-order valence-corrected chi connectivity index (χ0v) is 18.1. The molecular weight excluding hydrogens is 482 g/mol. The van der Waals surface area contributed by atoms with E-state index in [1.165, 1.54) is 42.5 Å². The number of hydrogen-bond donors (Lipinski definition) is 3. The van der Waals surface area contributed by atoms with Gasteiger partial charge in [-0.25, -0.2) is 0 Å². The van der Waals surface area contributed by atoms with Gasteiger partial charge >= 0.3 is 0 Å². The van der Waals surface area contributed by atoms with Crippen molar-refractivity contribution in [3.63, 3.8) is 0 Å². The van der Waals surface area contributed by atoms with E-state index >= 15 is 0 Å². The molecular formula is C19H12Cl4O5S. The zero-order chi connectivity index (χ0) is 21.6. The van der Waals surface area contributed by atoms with Crippen molar-refractivity contribution in [2.75, 3.05) is 0 Å². The molecule has 152 valence electrons. The van der Waals surface area contributed by atoms with Crippen LogP contribution in [-0.4, -0.2) is 23.2 Å². The first kappa shape index (κ1) is 22.0. The third kappa shape index (κ3) is 3.44. The minimum atomic E-state index is -5.10. The van der Waals surface area contributed by atoms with Gasteiger partial charge in [0.15, 0.2) is 4.75 Å². The van der Waals surface area contributed by atoms with E-state index in [2.05, 4.69) is 0 Å². The van der Waals surface area contributed by atoms with Crippen LogP contribution in [0.3, 0.4) is 0 Å². The van der Waals surface area contributed by atoms with E-state index < -0.39 is 31.4 Å². The lowest BCUT2D eigenvalue weighted by molar-refractivity contribution is 0.455. The van der Waals surface area contributed by atoms with Gasteiger partial charge in [0, 0.05) is 17.2 Å². The van der Waals surface area contributed by atoms with Crippen LogP contribution in [0.1, 0.15) is 16.7 Å². The summed E-state index contributed by atoms with van der Waals surface area (Å²) in [5, 5.41) is 18.6. The Labute approximate surface area is 186 Å². The van der Waals surface area contributed by atoms with Crippen LogP contribution in [0.5, 0.6) is 11.5 Å². The van der Waals surface area contributed by atoms with Crippen LogP contribution < -0.4 is 0 Å². The van der Waals surface area contributed by atoms with Gasteiger partial charge in [-0.05, 0) is 11.6 Å². The van der Waals surface area contributed by atoms with E-state index in [9.17, 15) is 23.2 Å². The maximum absolute atomic E-state index is 13.0. The number of phenols is 2. The summed E-state index contributed by atoms with van der Waals surface area (Å²) < 4.78 is 34.1. The van der Waals surface area contributed by atoms with Crippen LogP contribution in [0.2, 0.25) is 20.1 Å². The molecule has 0 radical (unpaired) electrons. The standard InChI is InChI=1S/C19H12Cl4O5S/c20-12-9-14(25)17(22)18(23)15(12)19(29(26,27)28,10-5-2-1-3-6-10)11-7-4-8-13(24)16(11)21/h1-9,24-25H,(H,26,27,28). The highest BCUT2D eigenvalue weighted by Crippen LogP contribution is 2.54. The normalized spacial score (nSPS) is 13.8. The topological polar surface area (TPSA) is 94.8 Å². The lowest BCUT2D eigenvalue weighted by atomic mass is 9.83. The molecule has 3 rings (SSSR count). The summed E-state index contributed by atoms with van der Waals surface area (Å²) in [6.45, 7) is 0. The second kappa shape index (κ2) is 7.87. The highest BCUT2D eigenvalue weighted by molar-refractivity contribution is 7.87. The smallest absolute Gasteiger partial charge is 0.283 e. The van der Waals surface area contributed by atoms with Crippen LogP contribution >= 0.6 is 46.4 Å². The fourth-order valence-corrected chi connectivity index (χ4v) is 5.89. The molecule has 5 nitrogen and oxygen atoms in total. The Balaban J connectivity index is 2.67. The van der Waals surface area contributed by atoms with E-state index in [0.717, 1.165) is 6.07 Å². The van der Waals surface area contributed by atoms with E-state index in [1.54, 1.807) is 6.07 Å². The lowest BCUT2D eigenvalue weighted by Crippen LogP contribution is -2.39. The van der Waals surface area contributed by atoms with Gasteiger partial charge < -0.3 is 10.2 Å². The van der Waals surface area contributed by atoms with Crippen LogP contribution in [0.4, 0.5) is 0 Å².